The fourth-order valence-corrected chi connectivity index (χ4v) is 3.84. The fourth-order valence-electron chi connectivity index (χ4n) is 3.62. The molecule has 0 unspecified atom stereocenters. The number of likely N-dealkylation sites (tertiary alicyclic amines) is 1. The van der Waals surface area contributed by atoms with Gasteiger partial charge in [-0.05, 0) is 67.8 Å². The molecule has 1 heterocycles. The van der Waals surface area contributed by atoms with Crippen LogP contribution in [0.15, 0.2) is 36.4 Å². The summed E-state index contributed by atoms with van der Waals surface area (Å²) in [6.45, 7) is 4.37. The third-order valence-electron chi connectivity index (χ3n) is 4.98. The summed E-state index contributed by atoms with van der Waals surface area (Å²) >= 11 is 6.01. The van der Waals surface area contributed by atoms with Gasteiger partial charge in [-0.15, -0.1) is 0 Å². The Balaban J connectivity index is 1.70. The highest BCUT2D eigenvalue weighted by atomic mass is 35.5. The number of Topliss-reactive ketones (excluding diaryl/α,β-unsaturated/α-hetero) is 1. The quantitative estimate of drug-likeness (QED) is 0.786. The Labute approximate surface area is 159 Å². The van der Waals surface area contributed by atoms with E-state index in [9.17, 15) is 9.90 Å². The van der Waals surface area contributed by atoms with E-state index in [-0.39, 0.29) is 17.5 Å². The number of hydrogen-bond donors (Lipinski definition) is 1. The molecule has 0 radical (unpaired) electrons. The monoisotopic (exact) mass is 373 g/mol. The van der Waals surface area contributed by atoms with Crippen molar-refractivity contribution in [3.05, 3.63) is 58.1 Å². The van der Waals surface area contributed by atoms with Crippen LogP contribution in [0.3, 0.4) is 0 Å². The van der Waals surface area contributed by atoms with E-state index >= 15 is 0 Å². The van der Waals surface area contributed by atoms with Crippen LogP contribution >= 0.6 is 11.6 Å². The minimum absolute atomic E-state index is 0.00244. The largest absolute Gasteiger partial charge is 0.504 e. The normalized spacial score (nSPS) is 17.9. The van der Waals surface area contributed by atoms with Gasteiger partial charge in [-0.1, -0.05) is 17.7 Å². The Kier molecular flexibility index (Phi) is 5.84. The van der Waals surface area contributed by atoms with Gasteiger partial charge in [0.15, 0.2) is 17.3 Å². The molecule has 0 spiro atoms. The number of carbonyl (C=O) groups is 1. The van der Waals surface area contributed by atoms with Crippen LogP contribution in [0, 0.1) is 12.8 Å². The van der Waals surface area contributed by atoms with Crippen molar-refractivity contribution >= 4 is 17.4 Å². The lowest BCUT2D eigenvalue weighted by Gasteiger charge is -2.32. The summed E-state index contributed by atoms with van der Waals surface area (Å²) in [4.78, 5) is 15.2. The standard InChI is InChI=1S/C21H24ClNO3/c1-14-10-17(22)6-7-18(14)21(25)16-4-3-9-23(13-16)12-15-5-8-19(24)20(11-15)26-2/h5-8,10-11,16,24H,3-4,9,12-13H2,1-2H3/t16-/m1/s1. The first-order valence-corrected chi connectivity index (χ1v) is 9.24. The summed E-state index contributed by atoms with van der Waals surface area (Å²) in [7, 11) is 1.54. The maximum Gasteiger partial charge on any atom is 0.167 e. The van der Waals surface area contributed by atoms with Crippen LogP contribution in [0.25, 0.3) is 0 Å². The lowest BCUT2D eigenvalue weighted by atomic mass is 9.88. The molecule has 138 valence electrons. The molecule has 0 saturated carbocycles. The number of ketones is 1. The maximum absolute atomic E-state index is 13.0. The zero-order valence-electron chi connectivity index (χ0n) is 15.2. The smallest absolute Gasteiger partial charge is 0.167 e. The molecule has 5 heteroatoms. The van der Waals surface area contributed by atoms with Crippen molar-refractivity contribution in [1.82, 2.24) is 4.90 Å². The zero-order valence-corrected chi connectivity index (χ0v) is 15.9. The molecule has 4 nitrogen and oxygen atoms in total. The summed E-state index contributed by atoms with van der Waals surface area (Å²) in [5.74, 6) is 0.819. The molecule has 1 N–H and O–H groups in total. The zero-order chi connectivity index (χ0) is 18.7. The van der Waals surface area contributed by atoms with Gasteiger partial charge in [0.25, 0.3) is 0 Å². The minimum Gasteiger partial charge on any atom is -0.504 e. The lowest BCUT2D eigenvalue weighted by molar-refractivity contribution is 0.0811. The Bertz CT molecular complexity index is 806. The first-order chi connectivity index (χ1) is 12.5. The minimum atomic E-state index is 0.00244. The predicted octanol–water partition coefficient (Wildman–Crippen LogP) is 4.46. The highest BCUT2D eigenvalue weighted by Crippen LogP contribution is 2.29. The Morgan fingerprint density at radius 3 is 2.85 bits per heavy atom. The topological polar surface area (TPSA) is 49.8 Å². The van der Waals surface area contributed by atoms with Crippen LogP contribution in [0.1, 0.15) is 34.3 Å². The van der Waals surface area contributed by atoms with Crippen LogP contribution in [-0.4, -0.2) is 36.0 Å². The molecular formula is C21H24ClNO3. The van der Waals surface area contributed by atoms with Gasteiger partial charge in [-0.25, -0.2) is 0 Å². The van der Waals surface area contributed by atoms with E-state index in [1.165, 1.54) is 0 Å². The second kappa shape index (κ2) is 8.11. The lowest BCUT2D eigenvalue weighted by Crippen LogP contribution is -2.38. The van der Waals surface area contributed by atoms with Gasteiger partial charge in [-0.3, -0.25) is 9.69 Å². The molecule has 2 aromatic rings. The fraction of sp³-hybridized carbons (Fsp3) is 0.381. The third kappa shape index (κ3) is 4.19. The number of methoxy groups -OCH3 is 1. The van der Waals surface area contributed by atoms with Crippen LogP contribution in [0.5, 0.6) is 11.5 Å². The van der Waals surface area contributed by atoms with Crippen LogP contribution < -0.4 is 4.74 Å². The van der Waals surface area contributed by atoms with Crippen molar-refractivity contribution < 1.29 is 14.6 Å². The molecule has 0 bridgehead atoms. The molecule has 0 aliphatic carbocycles. The second-order valence-corrected chi connectivity index (χ2v) is 7.34. The van der Waals surface area contributed by atoms with Gasteiger partial charge in [0.05, 0.1) is 7.11 Å². The molecule has 1 aliphatic rings. The van der Waals surface area contributed by atoms with Crippen molar-refractivity contribution in [3.63, 3.8) is 0 Å². The number of hydrogen-bond acceptors (Lipinski definition) is 4. The van der Waals surface area contributed by atoms with Crippen molar-refractivity contribution in [2.24, 2.45) is 5.92 Å². The number of halogens is 1. The van der Waals surface area contributed by atoms with E-state index in [2.05, 4.69) is 4.90 Å². The summed E-state index contributed by atoms with van der Waals surface area (Å²) in [6, 6.07) is 10.9. The van der Waals surface area contributed by atoms with Crippen molar-refractivity contribution in [2.75, 3.05) is 20.2 Å². The molecule has 0 amide bonds. The van der Waals surface area contributed by atoms with E-state index in [0.717, 1.165) is 49.2 Å². The van der Waals surface area contributed by atoms with Crippen LogP contribution in [-0.2, 0) is 6.54 Å². The van der Waals surface area contributed by atoms with Crippen molar-refractivity contribution in [3.8, 4) is 11.5 Å². The molecule has 0 aromatic heterocycles. The molecule has 3 rings (SSSR count). The number of benzene rings is 2. The Morgan fingerprint density at radius 2 is 2.12 bits per heavy atom. The van der Waals surface area contributed by atoms with E-state index in [1.807, 2.05) is 31.2 Å². The van der Waals surface area contributed by atoms with Gasteiger partial charge in [-0.2, -0.15) is 0 Å². The van der Waals surface area contributed by atoms with Crippen molar-refractivity contribution in [2.45, 2.75) is 26.3 Å². The van der Waals surface area contributed by atoms with Crippen molar-refractivity contribution in [1.29, 1.82) is 0 Å². The number of piperidine rings is 1. The highest BCUT2D eigenvalue weighted by molar-refractivity contribution is 6.30. The maximum atomic E-state index is 13.0. The van der Waals surface area contributed by atoms with E-state index in [1.54, 1.807) is 19.2 Å². The molecule has 2 aromatic carbocycles. The molecular weight excluding hydrogens is 350 g/mol. The third-order valence-corrected chi connectivity index (χ3v) is 5.22. The van der Waals surface area contributed by atoms with Gasteiger partial charge in [0.1, 0.15) is 0 Å². The Hall–Kier alpha value is -2.04. The van der Waals surface area contributed by atoms with Crippen LogP contribution in [0.4, 0.5) is 0 Å². The predicted molar refractivity (Wildman–Crippen MR) is 103 cm³/mol. The molecule has 1 fully saturated rings. The SMILES string of the molecule is COc1cc(CN2CCC[C@@H](C(=O)c3ccc(Cl)cc3C)C2)ccc1O. The van der Waals surface area contributed by atoms with E-state index in [4.69, 9.17) is 16.3 Å². The average molecular weight is 374 g/mol. The first-order valence-electron chi connectivity index (χ1n) is 8.86. The van der Waals surface area contributed by atoms with E-state index in [0.29, 0.717) is 10.8 Å². The van der Waals surface area contributed by atoms with Gasteiger partial charge < -0.3 is 9.84 Å². The van der Waals surface area contributed by atoms with Crippen LogP contribution in [0.2, 0.25) is 5.02 Å². The number of aromatic hydroxyl groups is 1. The molecule has 1 atom stereocenters. The molecule has 1 aliphatic heterocycles. The summed E-state index contributed by atoms with van der Waals surface area (Å²) < 4.78 is 5.18. The number of carbonyl (C=O) groups excluding carboxylic acids is 1. The van der Waals surface area contributed by atoms with Gasteiger partial charge in [0, 0.05) is 29.6 Å². The van der Waals surface area contributed by atoms with E-state index < -0.39 is 0 Å². The number of ether oxygens (including phenoxy) is 1. The molecule has 1 saturated heterocycles. The van der Waals surface area contributed by atoms with Gasteiger partial charge in [0.2, 0.25) is 0 Å². The number of nitrogens with zero attached hydrogens (tertiary/aromatic N) is 1. The number of rotatable bonds is 5. The number of phenols is 1. The number of aryl methyl sites for hydroxylation is 1. The average Bonchev–Trinajstić information content (AvgIpc) is 2.63. The summed E-state index contributed by atoms with van der Waals surface area (Å²) in [5.41, 5.74) is 2.77. The summed E-state index contributed by atoms with van der Waals surface area (Å²) in [6.07, 6.45) is 1.91. The second-order valence-electron chi connectivity index (χ2n) is 6.90. The summed E-state index contributed by atoms with van der Waals surface area (Å²) in [5, 5.41) is 10.4. The first kappa shape index (κ1) is 18.7. The van der Waals surface area contributed by atoms with Gasteiger partial charge >= 0.3 is 0 Å². The highest BCUT2D eigenvalue weighted by Gasteiger charge is 2.27. The Morgan fingerprint density at radius 1 is 1.31 bits per heavy atom. The molecule has 26 heavy (non-hydrogen) atoms. The number of phenolic OH excluding ortho intramolecular Hbond substituents is 1.